The second kappa shape index (κ2) is 7.56. The topological polar surface area (TPSA) is 58.6 Å². The third-order valence-corrected chi connectivity index (χ3v) is 5.38. The van der Waals surface area contributed by atoms with Gasteiger partial charge in [-0.1, -0.05) is 50.6 Å². The first kappa shape index (κ1) is 17.9. The number of amides is 2. The first-order chi connectivity index (χ1) is 12.1. The summed E-state index contributed by atoms with van der Waals surface area (Å²) in [5.74, 6) is 0.388. The van der Waals surface area contributed by atoms with Crippen LogP contribution in [-0.4, -0.2) is 35.1 Å². The van der Waals surface area contributed by atoms with Crippen molar-refractivity contribution in [3.8, 4) is 0 Å². The van der Waals surface area contributed by atoms with Gasteiger partial charge in [0.1, 0.15) is 11.8 Å². The summed E-state index contributed by atoms with van der Waals surface area (Å²) in [5.41, 5.74) is 0.462. The molecule has 0 aromatic heterocycles. The lowest BCUT2D eigenvalue weighted by Crippen LogP contribution is -2.56. The van der Waals surface area contributed by atoms with Crippen molar-refractivity contribution in [2.45, 2.75) is 64.3 Å². The fourth-order valence-electron chi connectivity index (χ4n) is 4.15. The van der Waals surface area contributed by atoms with Crippen LogP contribution >= 0.6 is 0 Å². The molecule has 2 amide bonds. The Balaban J connectivity index is 1.73. The summed E-state index contributed by atoms with van der Waals surface area (Å²) in [6, 6.07) is 9.28. The summed E-state index contributed by atoms with van der Waals surface area (Å²) in [4.78, 5) is 27.2. The highest BCUT2D eigenvalue weighted by molar-refractivity contribution is 5.88. The molecule has 3 atom stereocenters. The number of hydrogen-bond acceptors (Lipinski definition) is 3. The van der Waals surface area contributed by atoms with Crippen molar-refractivity contribution >= 4 is 11.8 Å². The smallest absolute Gasteiger partial charge is 0.245 e. The summed E-state index contributed by atoms with van der Waals surface area (Å²) in [6.45, 7) is 4.80. The van der Waals surface area contributed by atoms with Gasteiger partial charge in [-0.15, -0.1) is 0 Å². The second-order valence-electron chi connectivity index (χ2n) is 7.30. The minimum absolute atomic E-state index is 0.00598. The summed E-state index contributed by atoms with van der Waals surface area (Å²) < 4.78 is 6.12. The molecule has 1 spiro atoms. The molecule has 1 saturated carbocycles. The van der Waals surface area contributed by atoms with Crippen LogP contribution in [0.4, 0.5) is 0 Å². The maximum atomic E-state index is 12.8. The van der Waals surface area contributed by atoms with Crippen LogP contribution in [0.3, 0.4) is 0 Å². The lowest BCUT2D eigenvalue weighted by molar-refractivity contribution is -0.162. The number of nitrogens with zero attached hydrogens (tertiary/aromatic N) is 1. The van der Waals surface area contributed by atoms with E-state index in [1.165, 1.54) is 0 Å². The van der Waals surface area contributed by atoms with Crippen molar-refractivity contribution in [1.29, 1.82) is 0 Å². The highest BCUT2D eigenvalue weighted by Gasteiger charge is 2.53. The van der Waals surface area contributed by atoms with Crippen molar-refractivity contribution < 1.29 is 14.3 Å². The number of benzene rings is 1. The summed E-state index contributed by atoms with van der Waals surface area (Å²) >= 11 is 0. The van der Waals surface area contributed by atoms with Crippen LogP contribution in [-0.2, 0) is 20.9 Å². The predicted molar refractivity (Wildman–Crippen MR) is 95.5 cm³/mol. The summed E-state index contributed by atoms with van der Waals surface area (Å²) in [6.07, 6.45) is 4.23. The molecule has 5 nitrogen and oxygen atoms in total. The van der Waals surface area contributed by atoms with E-state index in [-0.39, 0.29) is 11.8 Å². The van der Waals surface area contributed by atoms with E-state index in [1.54, 1.807) is 4.90 Å². The van der Waals surface area contributed by atoms with Gasteiger partial charge in [0, 0.05) is 13.0 Å². The van der Waals surface area contributed by atoms with Gasteiger partial charge in [-0.3, -0.25) is 14.5 Å². The zero-order valence-electron chi connectivity index (χ0n) is 15.2. The average molecular weight is 344 g/mol. The van der Waals surface area contributed by atoms with Gasteiger partial charge >= 0.3 is 0 Å². The number of nitrogens with one attached hydrogen (secondary N) is 1. The number of rotatable bonds is 4. The molecular formula is C20H28N2O3. The van der Waals surface area contributed by atoms with E-state index < -0.39 is 11.8 Å². The molecule has 0 unspecified atom stereocenters. The molecule has 1 aromatic carbocycles. The van der Waals surface area contributed by atoms with Gasteiger partial charge < -0.3 is 10.1 Å². The van der Waals surface area contributed by atoms with Gasteiger partial charge in [0.25, 0.3) is 0 Å². The SMILES string of the molecule is CCC(=O)N1[C@H](C(=O)NCc2ccccc2)CO[C@@]12CCC[C@H](C)C2. The molecule has 25 heavy (non-hydrogen) atoms. The van der Waals surface area contributed by atoms with Crippen LogP contribution in [0.25, 0.3) is 0 Å². The Morgan fingerprint density at radius 2 is 2.08 bits per heavy atom. The van der Waals surface area contributed by atoms with Gasteiger partial charge in [-0.2, -0.15) is 0 Å². The van der Waals surface area contributed by atoms with Crippen LogP contribution in [0.15, 0.2) is 30.3 Å². The monoisotopic (exact) mass is 344 g/mol. The first-order valence-corrected chi connectivity index (χ1v) is 9.33. The van der Waals surface area contributed by atoms with Crippen molar-refractivity contribution in [2.24, 2.45) is 5.92 Å². The zero-order chi connectivity index (χ0) is 17.9. The Kier molecular flexibility index (Phi) is 5.42. The molecule has 1 aromatic rings. The van der Waals surface area contributed by atoms with Gasteiger partial charge in [0.05, 0.1) is 6.61 Å². The molecule has 2 aliphatic rings. The van der Waals surface area contributed by atoms with Crippen LogP contribution in [0.1, 0.15) is 51.5 Å². The molecule has 3 rings (SSSR count). The minimum atomic E-state index is -0.584. The Hall–Kier alpha value is -1.88. The number of carbonyl (C=O) groups is 2. The molecule has 0 bridgehead atoms. The van der Waals surface area contributed by atoms with Crippen LogP contribution < -0.4 is 5.32 Å². The van der Waals surface area contributed by atoms with E-state index >= 15 is 0 Å². The molecule has 1 saturated heterocycles. The molecule has 2 fully saturated rings. The van der Waals surface area contributed by atoms with Gasteiger partial charge in [0.2, 0.25) is 11.8 Å². The Bertz CT molecular complexity index is 619. The standard InChI is InChI=1S/C20H28N2O3/c1-3-18(23)22-17(14-25-20(22)11-7-8-15(2)12-20)19(24)21-13-16-9-5-4-6-10-16/h4-6,9-10,15,17H,3,7-8,11-14H2,1-2H3,(H,21,24)/t15-,17-,20+/m0/s1. The van der Waals surface area contributed by atoms with Gasteiger partial charge in [-0.05, 0) is 30.7 Å². The number of hydrogen-bond donors (Lipinski definition) is 1. The quantitative estimate of drug-likeness (QED) is 0.914. The summed E-state index contributed by atoms with van der Waals surface area (Å²) in [5, 5.41) is 2.97. The van der Waals surface area contributed by atoms with Crippen molar-refractivity contribution in [3.05, 3.63) is 35.9 Å². The fourth-order valence-corrected chi connectivity index (χ4v) is 4.15. The van der Waals surface area contributed by atoms with Crippen LogP contribution in [0, 0.1) is 5.92 Å². The molecule has 0 radical (unpaired) electrons. The van der Waals surface area contributed by atoms with Crippen LogP contribution in [0.2, 0.25) is 0 Å². The lowest BCUT2D eigenvalue weighted by Gasteiger charge is -2.43. The molecule has 136 valence electrons. The lowest BCUT2D eigenvalue weighted by atomic mass is 9.83. The van der Waals surface area contributed by atoms with E-state index in [0.717, 1.165) is 31.2 Å². The Morgan fingerprint density at radius 1 is 1.32 bits per heavy atom. The normalized spacial score (nSPS) is 29.0. The van der Waals surface area contributed by atoms with E-state index in [2.05, 4.69) is 12.2 Å². The second-order valence-corrected chi connectivity index (χ2v) is 7.30. The van der Waals surface area contributed by atoms with E-state index in [0.29, 0.717) is 25.5 Å². The van der Waals surface area contributed by atoms with Crippen molar-refractivity contribution in [1.82, 2.24) is 10.2 Å². The third-order valence-electron chi connectivity index (χ3n) is 5.38. The number of ether oxygens (including phenoxy) is 1. The Labute approximate surface area is 149 Å². The van der Waals surface area contributed by atoms with Crippen molar-refractivity contribution in [3.63, 3.8) is 0 Å². The molecule has 1 aliphatic carbocycles. The maximum Gasteiger partial charge on any atom is 0.245 e. The fraction of sp³-hybridized carbons (Fsp3) is 0.600. The average Bonchev–Trinajstić information content (AvgIpc) is 2.98. The minimum Gasteiger partial charge on any atom is -0.353 e. The van der Waals surface area contributed by atoms with E-state index in [4.69, 9.17) is 4.74 Å². The highest BCUT2D eigenvalue weighted by atomic mass is 16.5. The summed E-state index contributed by atoms with van der Waals surface area (Å²) in [7, 11) is 0. The van der Waals surface area contributed by atoms with E-state index in [9.17, 15) is 9.59 Å². The number of carbonyl (C=O) groups excluding carboxylic acids is 2. The van der Waals surface area contributed by atoms with E-state index in [1.807, 2.05) is 37.3 Å². The Morgan fingerprint density at radius 3 is 2.76 bits per heavy atom. The van der Waals surface area contributed by atoms with Gasteiger partial charge in [0.15, 0.2) is 0 Å². The maximum absolute atomic E-state index is 12.8. The van der Waals surface area contributed by atoms with Crippen LogP contribution in [0.5, 0.6) is 0 Å². The van der Waals surface area contributed by atoms with Crippen molar-refractivity contribution in [2.75, 3.05) is 6.61 Å². The van der Waals surface area contributed by atoms with Gasteiger partial charge in [-0.25, -0.2) is 0 Å². The molecule has 1 N–H and O–H groups in total. The third kappa shape index (κ3) is 3.71. The highest BCUT2D eigenvalue weighted by Crippen LogP contribution is 2.43. The molecule has 1 aliphatic heterocycles. The molecule has 5 heteroatoms. The predicted octanol–water partition coefficient (Wildman–Crippen LogP) is 2.85. The first-order valence-electron chi connectivity index (χ1n) is 9.33. The molecule has 1 heterocycles. The molecular weight excluding hydrogens is 316 g/mol. The largest absolute Gasteiger partial charge is 0.353 e. The zero-order valence-corrected chi connectivity index (χ0v) is 15.2.